The van der Waals surface area contributed by atoms with Crippen LogP contribution in [0.25, 0.3) is 10.9 Å². The van der Waals surface area contributed by atoms with Crippen LogP contribution in [0.1, 0.15) is 17.9 Å². The second-order valence-electron chi connectivity index (χ2n) is 5.84. The first-order chi connectivity index (χ1) is 12.2. The molecule has 1 atom stereocenters. The highest BCUT2D eigenvalue weighted by atomic mass is 35.5. The highest BCUT2D eigenvalue weighted by Gasteiger charge is 2.28. The number of benzene rings is 2. The topological polar surface area (TPSA) is 76.2 Å². The van der Waals surface area contributed by atoms with Crippen LogP contribution in [0.5, 0.6) is 11.5 Å². The maximum Gasteiger partial charge on any atom is 0.233 e. The van der Waals surface area contributed by atoms with Gasteiger partial charge in [-0.2, -0.15) is 5.10 Å². The Morgan fingerprint density at radius 1 is 1.36 bits per heavy atom. The molecular weight excluding hydrogens is 342 g/mol. The Bertz CT molecular complexity index is 954. The minimum atomic E-state index is -0.326. The van der Waals surface area contributed by atoms with Crippen molar-refractivity contribution in [3.8, 4) is 11.5 Å². The van der Waals surface area contributed by atoms with Crippen molar-refractivity contribution in [2.45, 2.75) is 12.3 Å². The fraction of sp³-hybridized carbons (Fsp3) is 0.222. The Kier molecular flexibility index (Phi) is 3.97. The van der Waals surface area contributed by atoms with Gasteiger partial charge in [-0.3, -0.25) is 9.89 Å². The van der Waals surface area contributed by atoms with E-state index in [2.05, 4.69) is 15.5 Å². The largest absolute Gasteiger partial charge is 0.497 e. The maximum absolute atomic E-state index is 12.8. The van der Waals surface area contributed by atoms with Crippen molar-refractivity contribution in [2.75, 3.05) is 19.0 Å². The van der Waals surface area contributed by atoms with Gasteiger partial charge in [0.1, 0.15) is 11.5 Å². The Labute approximate surface area is 149 Å². The molecule has 0 saturated heterocycles. The molecule has 2 heterocycles. The van der Waals surface area contributed by atoms with Crippen LogP contribution in [0.15, 0.2) is 36.4 Å². The average molecular weight is 358 g/mol. The first-order valence-electron chi connectivity index (χ1n) is 7.91. The van der Waals surface area contributed by atoms with Gasteiger partial charge >= 0.3 is 0 Å². The van der Waals surface area contributed by atoms with E-state index in [-0.39, 0.29) is 11.8 Å². The van der Waals surface area contributed by atoms with Gasteiger partial charge in [-0.15, -0.1) is 0 Å². The number of aromatic amines is 1. The number of carbonyl (C=O) groups excluding carboxylic acids is 1. The number of ether oxygens (including phenoxy) is 2. The summed E-state index contributed by atoms with van der Waals surface area (Å²) in [5, 5.41) is 11.4. The summed E-state index contributed by atoms with van der Waals surface area (Å²) in [6, 6.07) is 10.9. The third-order valence-electron chi connectivity index (χ3n) is 4.34. The number of aromatic nitrogens is 2. The van der Waals surface area contributed by atoms with Crippen LogP contribution < -0.4 is 14.8 Å². The van der Waals surface area contributed by atoms with E-state index >= 15 is 0 Å². The van der Waals surface area contributed by atoms with Gasteiger partial charge in [0.25, 0.3) is 0 Å². The lowest BCUT2D eigenvalue weighted by Gasteiger charge is -2.25. The molecule has 0 spiro atoms. The van der Waals surface area contributed by atoms with E-state index < -0.39 is 0 Å². The minimum Gasteiger partial charge on any atom is -0.497 e. The van der Waals surface area contributed by atoms with Gasteiger partial charge in [0.2, 0.25) is 5.91 Å². The van der Waals surface area contributed by atoms with E-state index in [9.17, 15) is 4.79 Å². The lowest BCUT2D eigenvalue weighted by Crippen LogP contribution is -2.26. The quantitative estimate of drug-likeness (QED) is 0.748. The molecule has 3 aromatic rings. The first-order valence-corrected chi connectivity index (χ1v) is 8.29. The normalized spacial score (nSPS) is 16.2. The van der Waals surface area contributed by atoms with Gasteiger partial charge in [0.15, 0.2) is 5.82 Å². The van der Waals surface area contributed by atoms with Crippen molar-refractivity contribution < 1.29 is 14.3 Å². The molecule has 25 heavy (non-hydrogen) atoms. The number of amides is 1. The Hall–Kier alpha value is -2.73. The lowest BCUT2D eigenvalue weighted by atomic mass is 9.92. The smallest absolute Gasteiger partial charge is 0.233 e. The summed E-state index contributed by atoms with van der Waals surface area (Å²) in [7, 11) is 1.61. The molecule has 0 bridgehead atoms. The predicted octanol–water partition coefficient (Wildman–Crippen LogP) is 3.73. The molecule has 0 radical (unpaired) electrons. The zero-order chi connectivity index (χ0) is 17.4. The Balaban J connectivity index is 1.62. The number of hydrogen-bond donors (Lipinski definition) is 2. The average Bonchev–Trinajstić information content (AvgIpc) is 3.03. The summed E-state index contributed by atoms with van der Waals surface area (Å²) in [6.07, 6.45) is 0.593. The second kappa shape index (κ2) is 6.29. The molecule has 0 saturated carbocycles. The van der Waals surface area contributed by atoms with Gasteiger partial charge in [0, 0.05) is 22.0 Å². The van der Waals surface area contributed by atoms with Gasteiger partial charge in [0.05, 0.1) is 25.2 Å². The number of carbonyl (C=O) groups is 1. The number of anilines is 1. The van der Waals surface area contributed by atoms with Crippen molar-refractivity contribution in [1.29, 1.82) is 0 Å². The van der Waals surface area contributed by atoms with Crippen molar-refractivity contribution >= 4 is 34.2 Å². The highest BCUT2D eigenvalue weighted by Crippen LogP contribution is 2.36. The fourth-order valence-corrected chi connectivity index (χ4v) is 3.24. The summed E-state index contributed by atoms with van der Waals surface area (Å²) >= 11 is 6.08. The van der Waals surface area contributed by atoms with Gasteiger partial charge in [-0.05, 0) is 36.8 Å². The highest BCUT2D eigenvalue weighted by molar-refractivity contribution is 6.30. The molecule has 1 aliphatic rings. The molecular formula is C18H16ClN3O3. The third-order valence-corrected chi connectivity index (χ3v) is 4.57. The van der Waals surface area contributed by atoms with E-state index in [0.717, 1.165) is 22.2 Å². The van der Waals surface area contributed by atoms with Gasteiger partial charge in [-0.1, -0.05) is 11.6 Å². The summed E-state index contributed by atoms with van der Waals surface area (Å²) in [4.78, 5) is 12.8. The molecule has 7 heteroatoms. The Morgan fingerprint density at radius 3 is 3.08 bits per heavy atom. The van der Waals surface area contributed by atoms with Crippen LogP contribution in [0.2, 0.25) is 5.02 Å². The second-order valence-corrected chi connectivity index (χ2v) is 6.28. The predicted molar refractivity (Wildman–Crippen MR) is 95.6 cm³/mol. The number of rotatable bonds is 3. The van der Waals surface area contributed by atoms with Crippen LogP contribution in [-0.2, 0) is 4.79 Å². The van der Waals surface area contributed by atoms with Crippen LogP contribution >= 0.6 is 11.6 Å². The Morgan fingerprint density at radius 2 is 2.24 bits per heavy atom. The van der Waals surface area contributed by atoms with Gasteiger partial charge < -0.3 is 14.8 Å². The van der Waals surface area contributed by atoms with E-state index in [1.807, 2.05) is 18.2 Å². The minimum absolute atomic E-state index is 0.129. The SMILES string of the molecule is COc1ccc2c(NC(=O)C3CCOc4ccc(Cl)cc43)n[nH]c2c1. The first kappa shape index (κ1) is 15.8. The number of methoxy groups -OCH3 is 1. The van der Waals surface area contributed by atoms with Crippen molar-refractivity contribution in [1.82, 2.24) is 10.2 Å². The molecule has 1 amide bonds. The van der Waals surface area contributed by atoms with Crippen LogP contribution in [0.4, 0.5) is 5.82 Å². The number of fused-ring (bicyclic) bond motifs is 2. The van der Waals surface area contributed by atoms with Gasteiger partial charge in [-0.25, -0.2) is 0 Å². The zero-order valence-corrected chi connectivity index (χ0v) is 14.3. The summed E-state index contributed by atoms with van der Waals surface area (Å²) in [5.74, 6) is 1.47. The van der Waals surface area contributed by atoms with Crippen LogP contribution in [0, 0.1) is 0 Å². The van der Waals surface area contributed by atoms with Crippen molar-refractivity contribution in [3.05, 3.63) is 47.0 Å². The zero-order valence-electron chi connectivity index (χ0n) is 13.5. The summed E-state index contributed by atoms with van der Waals surface area (Å²) < 4.78 is 10.8. The molecule has 0 aliphatic carbocycles. The van der Waals surface area contributed by atoms with Crippen molar-refractivity contribution in [2.24, 2.45) is 0 Å². The number of halogens is 1. The number of nitrogens with one attached hydrogen (secondary N) is 2. The van der Waals surface area contributed by atoms with E-state index in [0.29, 0.717) is 29.6 Å². The molecule has 0 fully saturated rings. The fourth-order valence-electron chi connectivity index (χ4n) is 3.06. The summed E-state index contributed by atoms with van der Waals surface area (Å²) in [5.41, 5.74) is 1.60. The third kappa shape index (κ3) is 2.89. The molecule has 1 aliphatic heterocycles. The molecule has 128 valence electrons. The number of H-pyrrole nitrogens is 1. The van der Waals surface area contributed by atoms with E-state index in [1.54, 1.807) is 25.3 Å². The molecule has 2 aromatic carbocycles. The molecule has 1 unspecified atom stereocenters. The van der Waals surface area contributed by atoms with Crippen molar-refractivity contribution in [3.63, 3.8) is 0 Å². The standard InChI is InChI=1S/C18H16ClN3O3/c1-24-11-3-4-13-15(9-11)21-22-17(13)20-18(23)12-6-7-25-16-5-2-10(19)8-14(12)16/h2-5,8-9,12H,6-7H2,1H3,(H2,20,21,22,23). The molecule has 2 N–H and O–H groups in total. The van der Waals surface area contributed by atoms with E-state index in [1.165, 1.54) is 0 Å². The number of nitrogens with zero attached hydrogens (tertiary/aromatic N) is 1. The van der Waals surface area contributed by atoms with E-state index in [4.69, 9.17) is 21.1 Å². The van der Waals surface area contributed by atoms with Crippen LogP contribution in [0.3, 0.4) is 0 Å². The molecule has 6 nitrogen and oxygen atoms in total. The molecule has 4 rings (SSSR count). The number of hydrogen-bond acceptors (Lipinski definition) is 4. The molecule has 1 aromatic heterocycles. The summed E-state index contributed by atoms with van der Waals surface area (Å²) in [6.45, 7) is 0.491. The monoisotopic (exact) mass is 357 g/mol. The lowest BCUT2D eigenvalue weighted by molar-refractivity contribution is -0.118. The maximum atomic E-state index is 12.8. The van der Waals surface area contributed by atoms with Crippen LogP contribution in [-0.4, -0.2) is 29.8 Å².